The first kappa shape index (κ1) is 15.3. The van der Waals surface area contributed by atoms with Gasteiger partial charge in [0.1, 0.15) is 11.5 Å². The fourth-order valence-electron chi connectivity index (χ4n) is 2.53. The summed E-state index contributed by atoms with van der Waals surface area (Å²) in [4.78, 5) is 8.55. The standard InChI is InChI=1S/C17H14F2N6/c1-10-9-13(24-23-10)20-17-22-16(21-14-3-2-8-25(14)17)15(19)11-4-6-12(18)7-5-11/h2-9,15H,1H3,(H2,20,21,22,23,24). The summed E-state index contributed by atoms with van der Waals surface area (Å²) < 4.78 is 29.6. The van der Waals surface area contributed by atoms with E-state index in [0.717, 1.165) is 5.69 Å². The molecule has 0 aliphatic rings. The number of rotatable bonds is 4. The van der Waals surface area contributed by atoms with E-state index in [2.05, 4.69) is 25.5 Å². The molecule has 2 N–H and O–H groups in total. The monoisotopic (exact) mass is 340 g/mol. The van der Waals surface area contributed by atoms with E-state index >= 15 is 0 Å². The molecule has 0 spiro atoms. The maximum absolute atomic E-state index is 14.8. The number of nitrogens with zero attached hydrogens (tertiary/aromatic N) is 4. The van der Waals surface area contributed by atoms with Crippen LogP contribution >= 0.6 is 0 Å². The third kappa shape index (κ3) is 2.93. The number of fused-ring (bicyclic) bond motifs is 1. The number of hydrogen-bond donors (Lipinski definition) is 2. The van der Waals surface area contributed by atoms with Crippen LogP contribution in [0.1, 0.15) is 23.3 Å². The van der Waals surface area contributed by atoms with Gasteiger partial charge in [-0.3, -0.25) is 9.50 Å². The normalized spacial score (nSPS) is 12.4. The zero-order valence-corrected chi connectivity index (χ0v) is 13.2. The summed E-state index contributed by atoms with van der Waals surface area (Å²) in [7, 11) is 0. The van der Waals surface area contributed by atoms with Gasteiger partial charge in [0.05, 0.1) is 0 Å². The second kappa shape index (κ2) is 5.97. The van der Waals surface area contributed by atoms with Crippen LogP contribution in [-0.4, -0.2) is 24.6 Å². The second-order valence-corrected chi connectivity index (χ2v) is 5.62. The summed E-state index contributed by atoms with van der Waals surface area (Å²) in [5.41, 5.74) is 1.72. The van der Waals surface area contributed by atoms with Crippen molar-refractivity contribution < 1.29 is 8.78 Å². The predicted octanol–water partition coefficient (Wildman–Crippen LogP) is 3.70. The molecule has 8 heteroatoms. The van der Waals surface area contributed by atoms with Crippen LogP contribution in [0.4, 0.5) is 20.5 Å². The van der Waals surface area contributed by atoms with Gasteiger partial charge in [0.25, 0.3) is 0 Å². The fourth-order valence-corrected chi connectivity index (χ4v) is 2.53. The van der Waals surface area contributed by atoms with Gasteiger partial charge in [-0.25, -0.2) is 13.8 Å². The Balaban J connectivity index is 1.75. The van der Waals surface area contributed by atoms with Gasteiger partial charge in [0.15, 0.2) is 17.8 Å². The highest BCUT2D eigenvalue weighted by Gasteiger charge is 2.19. The first-order chi connectivity index (χ1) is 12.1. The second-order valence-electron chi connectivity index (χ2n) is 5.62. The SMILES string of the molecule is Cc1cc(Nc2nc(C(F)c3ccc(F)cc3)nc3cccn23)n[nH]1. The van der Waals surface area contributed by atoms with Gasteiger partial charge in [-0.05, 0) is 36.8 Å². The molecule has 0 saturated heterocycles. The molecule has 0 radical (unpaired) electrons. The van der Waals surface area contributed by atoms with Gasteiger partial charge >= 0.3 is 0 Å². The van der Waals surface area contributed by atoms with Crippen molar-refractivity contribution in [2.75, 3.05) is 5.32 Å². The lowest BCUT2D eigenvalue weighted by Crippen LogP contribution is -2.09. The summed E-state index contributed by atoms with van der Waals surface area (Å²) in [5.74, 6) is 0.526. The number of nitrogens with one attached hydrogen (secondary N) is 2. The van der Waals surface area contributed by atoms with E-state index in [-0.39, 0.29) is 5.82 Å². The highest BCUT2D eigenvalue weighted by molar-refractivity contribution is 5.54. The number of aryl methyl sites for hydroxylation is 1. The zero-order valence-electron chi connectivity index (χ0n) is 13.2. The lowest BCUT2D eigenvalue weighted by atomic mass is 10.1. The van der Waals surface area contributed by atoms with Crippen molar-refractivity contribution in [2.45, 2.75) is 13.1 Å². The van der Waals surface area contributed by atoms with Crippen molar-refractivity contribution in [2.24, 2.45) is 0 Å². The number of aromatic nitrogens is 5. The van der Waals surface area contributed by atoms with Gasteiger partial charge in [-0.2, -0.15) is 10.1 Å². The maximum Gasteiger partial charge on any atom is 0.216 e. The molecule has 0 aliphatic heterocycles. The van der Waals surface area contributed by atoms with Crippen molar-refractivity contribution in [1.82, 2.24) is 24.6 Å². The third-order valence-corrected chi connectivity index (χ3v) is 3.74. The molecule has 4 rings (SSSR count). The quantitative estimate of drug-likeness (QED) is 0.594. The van der Waals surface area contributed by atoms with E-state index in [1.54, 1.807) is 22.7 Å². The van der Waals surface area contributed by atoms with Gasteiger partial charge in [0, 0.05) is 18.0 Å². The topological polar surface area (TPSA) is 70.9 Å². The van der Waals surface area contributed by atoms with Crippen LogP contribution < -0.4 is 5.32 Å². The van der Waals surface area contributed by atoms with Crippen LogP contribution in [0.3, 0.4) is 0 Å². The number of benzene rings is 1. The van der Waals surface area contributed by atoms with E-state index in [9.17, 15) is 8.78 Å². The molecule has 1 unspecified atom stereocenters. The maximum atomic E-state index is 14.8. The Kier molecular flexibility index (Phi) is 3.64. The Morgan fingerprint density at radius 2 is 1.96 bits per heavy atom. The molecule has 3 heterocycles. The van der Waals surface area contributed by atoms with Gasteiger partial charge < -0.3 is 5.32 Å². The van der Waals surface area contributed by atoms with E-state index < -0.39 is 12.0 Å². The molecule has 0 bridgehead atoms. The minimum absolute atomic E-state index is 0.00688. The molecule has 126 valence electrons. The first-order valence-electron chi connectivity index (χ1n) is 7.64. The van der Waals surface area contributed by atoms with Crippen LogP contribution in [0.2, 0.25) is 0 Å². The Labute approximate surface area is 141 Å². The Hall–Kier alpha value is -3.29. The Bertz CT molecular complexity index is 1020. The van der Waals surface area contributed by atoms with E-state index in [1.165, 1.54) is 24.3 Å². The molecule has 6 nitrogen and oxygen atoms in total. The minimum Gasteiger partial charge on any atom is -0.308 e. The highest BCUT2D eigenvalue weighted by atomic mass is 19.1. The van der Waals surface area contributed by atoms with Crippen molar-refractivity contribution in [3.05, 3.63) is 71.6 Å². The molecule has 0 saturated carbocycles. The first-order valence-corrected chi connectivity index (χ1v) is 7.64. The van der Waals surface area contributed by atoms with Crippen molar-refractivity contribution >= 4 is 17.4 Å². The summed E-state index contributed by atoms with van der Waals surface area (Å²) in [6.07, 6.45) is 0.202. The molecule has 0 aliphatic carbocycles. The number of alkyl halides is 1. The molecule has 1 atom stereocenters. The number of H-pyrrole nitrogens is 1. The van der Waals surface area contributed by atoms with Gasteiger partial charge in [-0.15, -0.1) is 0 Å². The predicted molar refractivity (Wildman–Crippen MR) is 88.9 cm³/mol. The third-order valence-electron chi connectivity index (χ3n) is 3.74. The number of hydrogen-bond acceptors (Lipinski definition) is 4. The largest absolute Gasteiger partial charge is 0.308 e. The average Bonchev–Trinajstić information content (AvgIpc) is 3.23. The molecule has 4 aromatic rings. The van der Waals surface area contributed by atoms with E-state index in [1.807, 2.05) is 13.0 Å². The lowest BCUT2D eigenvalue weighted by Gasteiger charge is -2.11. The van der Waals surface area contributed by atoms with Gasteiger partial charge in [-0.1, -0.05) is 12.1 Å². The zero-order chi connectivity index (χ0) is 17.4. The molecule has 3 aromatic heterocycles. The molecular formula is C17H14F2N6. The van der Waals surface area contributed by atoms with E-state index in [0.29, 0.717) is 23.0 Å². The molecule has 0 fully saturated rings. The molecule has 1 aromatic carbocycles. The van der Waals surface area contributed by atoms with E-state index in [4.69, 9.17) is 0 Å². The van der Waals surface area contributed by atoms with Crippen LogP contribution in [0.25, 0.3) is 5.65 Å². The van der Waals surface area contributed by atoms with Crippen LogP contribution in [0.5, 0.6) is 0 Å². The smallest absolute Gasteiger partial charge is 0.216 e. The van der Waals surface area contributed by atoms with Gasteiger partial charge in [0.2, 0.25) is 5.95 Å². The van der Waals surface area contributed by atoms with Crippen molar-refractivity contribution in [3.63, 3.8) is 0 Å². The highest BCUT2D eigenvalue weighted by Crippen LogP contribution is 2.26. The summed E-state index contributed by atoms with van der Waals surface area (Å²) in [6, 6.07) is 10.5. The van der Waals surface area contributed by atoms with Crippen molar-refractivity contribution in [1.29, 1.82) is 0 Å². The number of anilines is 2. The van der Waals surface area contributed by atoms with Crippen LogP contribution in [0, 0.1) is 12.7 Å². The summed E-state index contributed by atoms with van der Waals surface area (Å²) in [6.45, 7) is 1.88. The van der Waals surface area contributed by atoms with Crippen LogP contribution in [-0.2, 0) is 0 Å². The molecular weight excluding hydrogens is 326 g/mol. The average molecular weight is 340 g/mol. The van der Waals surface area contributed by atoms with Crippen LogP contribution in [0.15, 0.2) is 48.7 Å². The van der Waals surface area contributed by atoms with Crippen molar-refractivity contribution in [3.8, 4) is 0 Å². The fraction of sp³-hybridized carbons (Fsp3) is 0.118. The lowest BCUT2D eigenvalue weighted by molar-refractivity contribution is 0.383. The summed E-state index contributed by atoms with van der Waals surface area (Å²) >= 11 is 0. The summed E-state index contributed by atoms with van der Waals surface area (Å²) in [5, 5.41) is 9.98. The molecule has 0 amide bonds. The Morgan fingerprint density at radius 3 is 2.68 bits per heavy atom. The number of halogens is 2. The minimum atomic E-state index is -1.57. The molecule has 25 heavy (non-hydrogen) atoms. The Morgan fingerprint density at radius 1 is 1.16 bits per heavy atom. The number of aromatic amines is 1.